The monoisotopic (exact) mass is 349 g/mol. The summed E-state index contributed by atoms with van der Waals surface area (Å²) in [6.45, 7) is 1.72. The van der Waals surface area contributed by atoms with Crippen LogP contribution in [0.4, 0.5) is 5.88 Å². The molecule has 1 aromatic carbocycles. The number of hydrogen-bond donors (Lipinski definition) is 2. The predicted molar refractivity (Wildman–Crippen MR) is 90.7 cm³/mol. The average molecular weight is 349 g/mol. The highest BCUT2D eigenvalue weighted by Crippen LogP contribution is 2.17. The van der Waals surface area contributed by atoms with Crippen LogP contribution in [-0.4, -0.2) is 35.9 Å². The topological polar surface area (TPSA) is 107 Å². The molecule has 128 valence electrons. The van der Waals surface area contributed by atoms with Gasteiger partial charge in [-0.3, -0.25) is 4.79 Å². The molecule has 0 saturated heterocycles. The molecule has 0 spiro atoms. The fraction of sp³-hybridized carbons (Fsp3) is 0.312. The van der Waals surface area contributed by atoms with Crippen molar-refractivity contribution in [2.24, 2.45) is 0 Å². The lowest BCUT2D eigenvalue weighted by atomic mass is 10.2. The number of carbonyl (C=O) groups excluding carboxylic acids is 2. The summed E-state index contributed by atoms with van der Waals surface area (Å²) in [5.74, 6) is -0.307. The van der Waals surface area contributed by atoms with Crippen LogP contribution in [0.5, 0.6) is 0 Å². The molecule has 7 nitrogen and oxygen atoms in total. The molecule has 0 bridgehead atoms. The van der Waals surface area contributed by atoms with Gasteiger partial charge in [-0.25, -0.2) is 4.79 Å². The van der Waals surface area contributed by atoms with Crippen LogP contribution < -0.4 is 11.1 Å². The van der Waals surface area contributed by atoms with Crippen LogP contribution in [-0.2, 0) is 9.53 Å². The average Bonchev–Trinajstić information content (AvgIpc) is 2.92. The standard InChI is InChI=1S/C16H19N3O4S/c1-11-14(15(17)23-19-11)16(21)22-10-13(20)18-8-5-9-24-12-6-3-2-4-7-12/h2-4,6-7H,5,8-10,17H2,1H3,(H,18,20). The lowest BCUT2D eigenvalue weighted by Gasteiger charge is -2.06. The van der Waals surface area contributed by atoms with Crippen molar-refractivity contribution in [3.8, 4) is 0 Å². The van der Waals surface area contributed by atoms with Gasteiger partial charge >= 0.3 is 5.97 Å². The maximum Gasteiger partial charge on any atom is 0.346 e. The van der Waals surface area contributed by atoms with Crippen LogP contribution in [0.3, 0.4) is 0 Å². The Hall–Kier alpha value is -2.48. The number of esters is 1. The molecule has 1 heterocycles. The Bertz CT molecular complexity index is 668. The SMILES string of the molecule is Cc1noc(N)c1C(=O)OCC(=O)NCCCSc1ccccc1. The zero-order valence-electron chi connectivity index (χ0n) is 13.3. The first-order valence-corrected chi connectivity index (χ1v) is 8.40. The third-order valence-electron chi connectivity index (χ3n) is 3.08. The van der Waals surface area contributed by atoms with Gasteiger partial charge in [0.2, 0.25) is 5.88 Å². The first-order chi connectivity index (χ1) is 11.6. The molecule has 2 aromatic rings. The predicted octanol–water partition coefficient (Wildman–Crippen LogP) is 2.02. The van der Waals surface area contributed by atoms with E-state index in [1.807, 2.05) is 30.3 Å². The van der Waals surface area contributed by atoms with E-state index in [0.29, 0.717) is 12.2 Å². The van der Waals surface area contributed by atoms with Crippen molar-refractivity contribution < 1.29 is 18.8 Å². The van der Waals surface area contributed by atoms with Crippen molar-refractivity contribution in [2.45, 2.75) is 18.2 Å². The third kappa shape index (κ3) is 5.31. The van der Waals surface area contributed by atoms with Crippen molar-refractivity contribution in [3.63, 3.8) is 0 Å². The number of nitrogens with zero attached hydrogens (tertiary/aromatic N) is 1. The van der Waals surface area contributed by atoms with Gasteiger partial charge in [-0.05, 0) is 31.2 Å². The number of rotatable bonds is 8. The molecule has 2 rings (SSSR count). The molecule has 0 atom stereocenters. The summed E-state index contributed by atoms with van der Waals surface area (Å²) < 4.78 is 9.58. The van der Waals surface area contributed by atoms with E-state index < -0.39 is 5.97 Å². The summed E-state index contributed by atoms with van der Waals surface area (Å²) in [5.41, 5.74) is 5.86. The largest absolute Gasteiger partial charge is 0.452 e. The summed E-state index contributed by atoms with van der Waals surface area (Å²) in [5, 5.41) is 6.25. The molecule has 0 radical (unpaired) electrons. The van der Waals surface area contributed by atoms with Crippen LogP contribution in [0, 0.1) is 6.92 Å². The number of nitrogen functional groups attached to an aromatic ring is 1. The number of ether oxygens (including phenoxy) is 1. The minimum absolute atomic E-state index is 0.0575. The third-order valence-corrected chi connectivity index (χ3v) is 4.18. The van der Waals surface area contributed by atoms with Crippen LogP contribution in [0.2, 0.25) is 0 Å². The molecule has 0 saturated carbocycles. The van der Waals surface area contributed by atoms with E-state index in [1.54, 1.807) is 18.7 Å². The second-order valence-corrected chi connectivity index (χ2v) is 6.12. The maximum atomic E-state index is 11.8. The zero-order valence-corrected chi connectivity index (χ0v) is 14.1. The molecule has 1 aromatic heterocycles. The molecule has 24 heavy (non-hydrogen) atoms. The van der Waals surface area contributed by atoms with Crippen molar-refractivity contribution in [2.75, 3.05) is 24.6 Å². The Balaban J connectivity index is 1.61. The van der Waals surface area contributed by atoms with Gasteiger partial charge in [0.05, 0.1) is 5.69 Å². The number of carbonyl (C=O) groups is 2. The van der Waals surface area contributed by atoms with Gasteiger partial charge in [0.1, 0.15) is 5.56 Å². The van der Waals surface area contributed by atoms with Gasteiger partial charge in [-0.1, -0.05) is 23.4 Å². The normalized spacial score (nSPS) is 10.4. The Labute approximate surface area is 143 Å². The molecular formula is C16H19N3O4S. The summed E-state index contributed by atoms with van der Waals surface area (Å²) in [4.78, 5) is 24.6. The second kappa shape index (κ2) is 8.97. The molecule has 0 aliphatic heterocycles. The molecular weight excluding hydrogens is 330 g/mol. The first-order valence-electron chi connectivity index (χ1n) is 7.41. The highest BCUT2D eigenvalue weighted by Gasteiger charge is 2.20. The van der Waals surface area contributed by atoms with Crippen molar-refractivity contribution in [1.82, 2.24) is 10.5 Å². The molecule has 3 N–H and O–H groups in total. The second-order valence-electron chi connectivity index (χ2n) is 4.95. The Morgan fingerprint density at radius 3 is 2.75 bits per heavy atom. The molecule has 8 heteroatoms. The van der Waals surface area contributed by atoms with Crippen molar-refractivity contribution in [3.05, 3.63) is 41.6 Å². The van der Waals surface area contributed by atoms with Crippen molar-refractivity contribution in [1.29, 1.82) is 0 Å². The number of nitrogens with one attached hydrogen (secondary N) is 1. The van der Waals surface area contributed by atoms with Gasteiger partial charge in [0.15, 0.2) is 6.61 Å². The van der Waals surface area contributed by atoms with E-state index >= 15 is 0 Å². The van der Waals surface area contributed by atoms with Gasteiger partial charge in [-0.2, -0.15) is 0 Å². The van der Waals surface area contributed by atoms with Crippen LogP contribution in [0.1, 0.15) is 22.5 Å². The van der Waals surface area contributed by atoms with E-state index in [1.165, 1.54) is 4.90 Å². The lowest BCUT2D eigenvalue weighted by molar-refractivity contribution is -0.124. The van der Waals surface area contributed by atoms with Gasteiger partial charge in [0, 0.05) is 11.4 Å². The van der Waals surface area contributed by atoms with Gasteiger partial charge < -0.3 is 20.3 Å². The number of thioether (sulfide) groups is 1. The summed E-state index contributed by atoms with van der Waals surface area (Å²) in [6, 6.07) is 10.0. The number of nitrogens with two attached hydrogens (primary N) is 1. The maximum absolute atomic E-state index is 11.8. The number of benzene rings is 1. The smallest absolute Gasteiger partial charge is 0.346 e. The van der Waals surface area contributed by atoms with Gasteiger partial charge in [0.25, 0.3) is 5.91 Å². The van der Waals surface area contributed by atoms with Crippen molar-refractivity contribution >= 4 is 29.5 Å². The first kappa shape index (κ1) is 17.9. The van der Waals surface area contributed by atoms with Crippen LogP contribution in [0.25, 0.3) is 0 Å². The Kier molecular flexibility index (Phi) is 6.68. The van der Waals surface area contributed by atoms with Crippen LogP contribution in [0.15, 0.2) is 39.8 Å². The number of amides is 1. The highest BCUT2D eigenvalue weighted by molar-refractivity contribution is 7.99. The quantitative estimate of drug-likeness (QED) is 0.426. The fourth-order valence-electron chi connectivity index (χ4n) is 1.90. The van der Waals surface area contributed by atoms with E-state index in [-0.39, 0.29) is 24.0 Å². The minimum atomic E-state index is -0.721. The number of aromatic nitrogens is 1. The Morgan fingerprint density at radius 1 is 1.33 bits per heavy atom. The number of anilines is 1. The van der Waals surface area contributed by atoms with E-state index in [2.05, 4.69) is 15.0 Å². The summed E-state index contributed by atoms with van der Waals surface area (Å²) >= 11 is 1.72. The van der Waals surface area contributed by atoms with E-state index in [9.17, 15) is 9.59 Å². The molecule has 0 unspecified atom stereocenters. The van der Waals surface area contributed by atoms with Gasteiger partial charge in [-0.15, -0.1) is 11.8 Å². The highest BCUT2D eigenvalue weighted by atomic mass is 32.2. The fourth-order valence-corrected chi connectivity index (χ4v) is 2.77. The Morgan fingerprint density at radius 2 is 2.08 bits per heavy atom. The molecule has 0 aliphatic carbocycles. The van der Waals surface area contributed by atoms with E-state index in [0.717, 1.165) is 12.2 Å². The number of hydrogen-bond acceptors (Lipinski definition) is 7. The van der Waals surface area contributed by atoms with Crippen LogP contribution >= 0.6 is 11.8 Å². The van der Waals surface area contributed by atoms with E-state index in [4.69, 9.17) is 10.5 Å². The molecule has 1 amide bonds. The summed E-state index contributed by atoms with van der Waals surface area (Å²) in [6.07, 6.45) is 0.816. The molecule has 0 fully saturated rings. The lowest BCUT2D eigenvalue weighted by Crippen LogP contribution is -2.30. The minimum Gasteiger partial charge on any atom is -0.452 e. The zero-order chi connectivity index (χ0) is 17.4. The summed E-state index contributed by atoms with van der Waals surface area (Å²) in [7, 11) is 0. The molecule has 0 aliphatic rings. The number of aryl methyl sites for hydroxylation is 1.